The molecule has 0 fully saturated rings. The summed E-state index contributed by atoms with van der Waals surface area (Å²) in [6.07, 6.45) is 1.36. The molecule has 0 aliphatic rings. The Bertz CT molecular complexity index is 683. The number of nitriles is 1. The second-order valence-electron chi connectivity index (χ2n) is 3.70. The molecule has 0 aliphatic heterocycles. The van der Waals surface area contributed by atoms with Crippen LogP contribution in [-0.2, 0) is 0 Å². The van der Waals surface area contributed by atoms with Gasteiger partial charge in [0.05, 0.1) is 5.02 Å². The van der Waals surface area contributed by atoms with Gasteiger partial charge in [0.1, 0.15) is 17.4 Å². The average molecular weight is 297 g/mol. The molecule has 6 heteroatoms. The normalized spacial score (nSPS) is 10.1. The summed E-state index contributed by atoms with van der Waals surface area (Å²) in [5.74, 6) is -0.651. The number of halogens is 3. The lowest BCUT2D eigenvalue weighted by atomic mass is 10.2. The monoisotopic (exact) mass is 296 g/mol. The third-order valence-electron chi connectivity index (χ3n) is 2.43. The van der Waals surface area contributed by atoms with E-state index in [4.69, 9.17) is 33.2 Å². The number of rotatable bonds is 2. The molecule has 0 aliphatic carbocycles. The van der Waals surface area contributed by atoms with Crippen LogP contribution < -0.4 is 4.74 Å². The minimum Gasteiger partial charge on any atom is -0.451 e. The third-order valence-corrected chi connectivity index (χ3v) is 3.19. The predicted octanol–water partition coefficient (Wildman–Crippen LogP) is 4.50. The van der Waals surface area contributed by atoms with E-state index in [-0.39, 0.29) is 27.2 Å². The first kappa shape index (κ1) is 13.6. The van der Waals surface area contributed by atoms with Gasteiger partial charge < -0.3 is 4.74 Å². The van der Waals surface area contributed by atoms with Crippen molar-refractivity contribution >= 4 is 23.2 Å². The van der Waals surface area contributed by atoms with E-state index in [1.165, 1.54) is 24.4 Å². The van der Waals surface area contributed by atoms with E-state index in [0.717, 1.165) is 0 Å². The Kier molecular flexibility index (Phi) is 3.89. The van der Waals surface area contributed by atoms with Crippen molar-refractivity contribution in [3.05, 3.63) is 51.5 Å². The van der Waals surface area contributed by atoms with Crippen molar-refractivity contribution < 1.29 is 9.13 Å². The summed E-state index contributed by atoms with van der Waals surface area (Å²) < 4.78 is 19.1. The van der Waals surface area contributed by atoms with Crippen LogP contribution in [-0.4, -0.2) is 4.98 Å². The Balaban J connectivity index is 2.52. The smallest absolute Gasteiger partial charge is 0.181 e. The van der Waals surface area contributed by atoms with Crippen molar-refractivity contribution in [1.29, 1.82) is 5.26 Å². The van der Waals surface area contributed by atoms with Gasteiger partial charge in [0.2, 0.25) is 0 Å². The molecule has 3 nitrogen and oxygen atoms in total. The molecule has 0 atom stereocenters. The zero-order chi connectivity index (χ0) is 14.0. The average Bonchev–Trinajstić information content (AvgIpc) is 2.39. The Morgan fingerprint density at radius 1 is 1.32 bits per heavy atom. The van der Waals surface area contributed by atoms with Gasteiger partial charge in [-0.3, -0.25) is 0 Å². The highest BCUT2D eigenvalue weighted by Gasteiger charge is 2.16. The maximum atomic E-state index is 13.7. The Hall–Kier alpha value is -1.83. The van der Waals surface area contributed by atoms with Crippen LogP contribution in [0.2, 0.25) is 10.2 Å². The molecule has 2 aromatic rings. The first-order valence-electron chi connectivity index (χ1n) is 5.21. The van der Waals surface area contributed by atoms with Crippen LogP contribution in [0.25, 0.3) is 0 Å². The highest BCUT2D eigenvalue weighted by atomic mass is 35.5. The summed E-state index contributed by atoms with van der Waals surface area (Å²) in [6.45, 7) is 1.72. The predicted molar refractivity (Wildman–Crippen MR) is 70.2 cm³/mol. The van der Waals surface area contributed by atoms with Crippen molar-refractivity contribution in [3.63, 3.8) is 0 Å². The van der Waals surface area contributed by atoms with Gasteiger partial charge in [-0.15, -0.1) is 0 Å². The van der Waals surface area contributed by atoms with Crippen LogP contribution in [0, 0.1) is 24.1 Å². The van der Waals surface area contributed by atoms with Crippen LogP contribution in [0.1, 0.15) is 11.1 Å². The Morgan fingerprint density at radius 3 is 2.74 bits per heavy atom. The molecule has 0 unspecified atom stereocenters. The van der Waals surface area contributed by atoms with Crippen LogP contribution in [0.5, 0.6) is 11.5 Å². The lowest BCUT2D eigenvalue weighted by Crippen LogP contribution is -1.95. The van der Waals surface area contributed by atoms with Crippen LogP contribution in [0.3, 0.4) is 0 Å². The van der Waals surface area contributed by atoms with E-state index in [1.54, 1.807) is 6.92 Å². The number of aromatic nitrogens is 1. The highest BCUT2D eigenvalue weighted by Crippen LogP contribution is 2.36. The van der Waals surface area contributed by atoms with Gasteiger partial charge in [-0.2, -0.15) is 5.26 Å². The summed E-state index contributed by atoms with van der Waals surface area (Å²) in [5.41, 5.74) is 0.692. The number of nitrogens with zero attached hydrogens (tertiary/aromatic N) is 2. The minimum atomic E-state index is -0.618. The maximum absolute atomic E-state index is 13.7. The fraction of sp³-hybridized carbons (Fsp3) is 0.0769. The van der Waals surface area contributed by atoms with Gasteiger partial charge in [0.15, 0.2) is 16.7 Å². The van der Waals surface area contributed by atoms with Gasteiger partial charge >= 0.3 is 0 Å². The van der Waals surface area contributed by atoms with E-state index < -0.39 is 5.82 Å². The van der Waals surface area contributed by atoms with Crippen molar-refractivity contribution in [1.82, 2.24) is 4.98 Å². The van der Waals surface area contributed by atoms with E-state index in [1.807, 2.05) is 6.07 Å². The lowest BCUT2D eigenvalue weighted by Gasteiger charge is -2.11. The zero-order valence-corrected chi connectivity index (χ0v) is 11.3. The van der Waals surface area contributed by atoms with E-state index in [0.29, 0.717) is 5.56 Å². The molecule has 1 heterocycles. The molecule has 0 N–H and O–H groups in total. The molecular weight excluding hydrogens is 290 g/mol. The zero-order valence-electron chi connectivity index (χ0n) is 9.75. The number of ether oxygens (including phenoxy) is 1. The number of benzene rings is 1. The molecule has 19 heavy (non-hydrogen) atoms. The highest BCUT2D eigenvalue weighted by molar-refractivity contribution is 6.33. The van der Waals surface area contributed by atoms with Crippen molar-refractivity contribution in [2.75, 3.05) is 0 Å². The number of pyridine rings is 1. The largest absolute Gasteiger partial charge is 0.451 e. The third kappa shape index (κ3) is 2.62. The summed E-state index contributed by atoms with van der Waals surface area (Å²) in [6, 6.07) is 6.05. The van der Waals surface area contributed by atoms with Crippen LogP contribution in [0.15, 0.2) is 24.4 Å². The molecule has 0 amide bonds. The Morgan fingerprint density at radius 2 is 2.05 bits per heavy atom. The molecule has 96 valence electrons. The summed E-state index contributed by atoms with van der Waals surface area (Å²) in [5, 5.41) is 9.13. The molecule has 0 saturated carbocycles. The molecule has 1 aromatic heterocycles. The molecule has 1 aromatic carbocycles. The Labute approximate surface area is 119 Å². The maximum Gasteiger partial charge on any atom is 0.181 e. The van der Waals surface area contributed by atoms with Gasteiger partial charge in [-0.25, -0.2) is 9.37 Å². The molecule has 0 saturated heterocycles. The summed E-state index contributed by atoms with van der Waals surface area (Å²) in [7, 11) is 0. The van der Waals surface area contributed by atoms with Gasteiger partial charge in [0.25, 0.3) is 0 Å². The molecular formula is C13H7Cl2FN2O. The van der Waals surface area contributed by atoms with Crippen molar-refractivity contribution in [3.8, 4) is 17.6 Å². The van der Waals surface area contributed by atoms with E-state index in [9.17, 15) is 4.39 Å². The lowest BCUT2D eigenvalue weighted by molar-refractivity contribution is 0.440. The standard InChI is InChI=1S/C13H7Cl2FN2O/c1-7-2-3-9(16)12(11(7)14)19-10-4-5-18-13(15)8(10)6-17/h2-5H,1H3. The SMILES string of the molecule is Cc1ccc(F)c(Oc2ccnc(Cl)c2C#N)c1Cl. The van der Waals surface area contributed by atoms with E-state index >= 15 is 0 Å². The molecule has 0 bridgehead atoms. The molecule has 0 spiro atoms. The van der Waals surface area contributed by atoms with Crippen molar-refractivity contribution in [2.45, 2.75) is 6.92 Å². The fourth-order valence-electron chi connectivity index (χ4n) is 1.44. The van der Waals surface area contributed by atoms with Gasteiger partial charge in [-0.05, 0) is 18.6 Å². The second-order valence-corrected chi connectivity index (χ2v) is 4.43. The first-order chi connectivity index (χ1) is 9.04. The van der Waals surface area contributed by atoms with Gasteiger partial charge in [-0.1, -0.05) is 29.3 Å². The molecule has 0 radical (unpaired) electrons. The van der Waals surface area contributed by atoms with E-state index in [2.05, 4.69) is 4.98 Å². The minimum absolute atomic E-state index is 0.0100. The van der Waals surface area contributed by atoms with Crippen LogP contribution in [0.4, 0.5) is 4.39 Å². The number of aryl methyl sites for hydroxylation is 1. The number of hydrogen-bond donors (Lipinski definition) is 0. The first-order valence-corrected chi connectivity index (χ1v) is 5.97. The second kappa shape index (κ2) is 5.43. The topological polar surface area (TPSA) is 45.9 Å². The summed E-state index contributed by atoms with van der Waals surface area (Å²) >= 11 is 11.8. The van der Waals surface area contributed by atoms with Gasteiger partial charge in [0, 0.05) is 12.3 Å². The van der Waals surface area contributed by atoms with Crippen molar-refractivity contribution in [2.24, 2.45) is 0 Å². The molecule has 2 rings (SSSR count). The summed E-state index contributed by atoms with van der Waals surface area (Å²) in [4.78, 5) is 3.75. The number of hydrogen-bond acceptors (Lipinski definition) is 3. The quantitative estimate of drug-likeness (QED) is 0.767. The van der Waals surface area contributed by atoms with Crippen LogP contribution >= 0.6 is 23.2 Å². The fourth-order valence-corrected chi connectivity index (χ4v) is 1.82.